The molecule has 0 saturated carbocycles. The molecule has 19 heavy (non-hydrogen) atoms. The average molecular weight is 357 g/mol. The Morgan fingerprint density at radius 2 is 2.11 bits per heavy atom. The van der Waals surface area contributed by atoms with Gasteiger partial charge in [-0.05, 0) is 64.5 Å². The third-order valence-corrected chi connectivity index (χ3v) is 5.88. The van der Waals surface area contributed by atoms with Crippen molar-refractivity contribution in [3.8, 4) is 0 Å². The number of benzene rings is 1. The maximum absolute atomic E-state index is 6.09. The highest BCUT2D eigenvalue weighted by Gasteiger charge is 2.14. The summed E-state index contributed by atoms with van der Waals surface area (Å²) in [6, 6.07) is 8.47. The largest absolute Gasteiger partial charge is 0.308 e. The van der Waals surface area contributed by atoms with Crippen molar-refractivity contribution in [3.63, 3.8) is 0 Å². The summed E-state index contributed by atoms with van der Waals surface area (Å²) < 4.78 is 0.951. The first kappa shape index (κ1) is 13.6. The first-order valence-corrected chi connectivity index (χ1v) is 8.46. The van der Waals surface area contributed by atoms with Crippen molar-refractivity contribution in [2.45, 2.75) is 32.4 Å². The molecule has 0 amide bonds. The Balaban J connectivity index is 1.56. The van der Waals surface area contributed by atoms with Crippen molar-refractivity contribution in [3.05, 3.63) is 54.6 Å². The Kier molecular flexibility index (Phi) is 4.27. The Morgan fingerprint density at radius 3 is 2.89 bits per heavy atom. The van der Waals surface area contributed by atoms with Gasteiger partial charge in [-0.1, -0.05) is 17.7 Å². The molecule has 1 heterocycles. The normalized spacial score (nSPS) is 13.8. The van der Waals surface area contributed by atoms with E-state index in [9.17, 15) is 0 Å². The van der Waals surface area contributed by atoms with Gasteiger partial charge in [-0.15, -0.1) is 11.3 Å². The molecule has 100 valence electrons. The van der Waals surface area contributed by atoms with Crippen LogP contribution in [0.1, 0.15) is 27.3 Å². The van der Waals surface area contributed by atoms with E-state index in [1.54, 1.807) is 10.4 Å². The summed E-state index contributed by atoms with van der Waals surface area (Å²) in [7, 11) is 0. The van der Waals surface area contributed by atoms with Gasteiger partial charge in [0.25, 0.3) is 0 Å². The molecule has 1 aromatic carbocycles. The maximum atomic E-state index is 6.09. The molecule has 0 bridgehead atoms. The zero-order valence-electron chi connectivity index (χ0n) is 10.5. The topological polar surface area (TPSA) is 12.0 Å². The standard InChI is InChI=1S/C15H15BrClNS/c16-13-5-4-10(6-14(13)17)8-18-9-12-7-11-2-1-3-15(11)19-12/h4-7,18H,1-3,8-9H2. The molecule has 1 aliphatic rings. The van der Waals surface area contributed by atoms with E-state index in [0.29, 0.717) is 0 Å². The fraction of sp³-hybridized carbons (Fsp3) is 0.333. The SMILES string of the molecule is Clc1cc(CNCc2cc3c(s2)CCC3)ccc1Br. The lowest BCUT2D eigenvalue weighted by atomic mass is 10.2. The fourth-order valence-electron chi connectivity index (χ4n) is 2.46. The molecular formula is C15H15BrClNS. The van der Waals surface area contributed by atoms with Crippen LogP contribution in [0.5, 0.6) is 0 Å². The van der Waals surface area contributed by atoms with Gasteiger partial charge in [0.2, 0.25) is 0 Å². The van der Waals surface area contributed by atoms with E-state index in [2.05, 4.69) is 33.4 Å². The van der Waals surface area contributed by atoms with Crippen LogP contribution in [-0.4, -0.2) is 0 Å². The van der Waals surface area contributed by atoms with Gasteiger partial charge in [0.1, 0.15) is 0 Å². The number of aryl methyl sites for hydroxylation is 2. The van der Waals surface area contributed by atoms with Crippen LogP contribution in [0.25, 0.3) is 0 Å². The Labute approximate surface area is 131 Å². The lowest BCUT2D eigenvalue weighted by Gasteiger charge is -2.05. The molecule has 0 fully saturated rings. The van der Waals surface area contributed by atoms with Crippen molar-refractivity contribution in [2.75, 3.05) is 0 Å². The Hall–Kier alpha value is -0.350. The molecule has 0 saturated heterocycles. The van der Waals surface area contributed by atoms with Crippen molar-refractivity contribution >= 4 is 38.9 Å². The van der Waals surface area contributed by atoms with Gasteiger partial charge in [0.15, 0.2) is 0 Å². The molecule has 0 radical (unpaired) electrons. The van der Waals surface area contributed by atoms with Gasteiger partial charge in [-0.25, -0.2) is 0 Å². The quantitative estimate of drug-likeness (QED) is 0.818. The predicted octanol–water partition coefficient (Wildman–Crippen LogP) is 4.94. The van der Waals surface area contributed by atoms with Crippen molar-refractivity contribution in [2.24, 2.45) is 0 Å². The molecule has 4 heteroatoms. The van der Waals surface area contributed by atoms with E-state index < -0.39 is 0 Å². The second-order valence-corrected chi connectivity index (χ2v) is 7.35. The van der Waals surface area contributed by atoms with E-state index in [0.717, 1.165) is 22.6 Å². The van der Waals surface area contributed by atoms with Crippen molar-refractivity contribution in [1.82, 2.24) is 5.32 Å². The smallest absolute Gasteiger partial charge is 0.0551 e. The first-order chi connectivity index (χ1) is 9.22. The zero-order valence-corrected chi connectivity index (χ0v) is 13.7. The van der Waals surface area contributed by atoms with Gasteiger partial charge < -0.3 is 5.32 Å². The summed E-state index contributed by atoms with van der Waals surface area (Å²) in [5, 5.41) is 4.26. The summed E-state index contributed by atoms with van der Waals surface area (Å²) >= 11 is 11.5. The molecule has 3 rings (SSSR count). The van der Waals surface area contributed by atoms with E-state index in [-0.39, 0.29) is 0 Å². The van der Waals surface area contributed by atoms with Gasteiger partial charge in [-0.2, -0.15) is 0 Å². The van der Waals surface area contributed by atoms with E-state index >= 15 is 0 Å². The number of rotatable bonds is 4. The monoisotopic (exact) mass is 355 g/mol. The van der Waals surface area contributed by atoms with Gasteiger partial charge >= 0.3 is 0 Å². The molecule has 0 spiro atoms. The molecule has 2 aromatic rings. The van der Waals surface area contributed by atoms with Crippen LogP contribution < -0.4 is 5.32 Å². The lowest BCUT2D eigenvalue weighted by molar-refractivity contribution is 0.700. The van der Waals surface area contributed by atoms with Crippen molar-refractivity contribution < 1.29 is 0 Å². The minimum atomic E-state index is 0.773. The third-order valence-electron chi connectivity index (χ3n) is 3.41. The van der Waals surface area contributed by atoms with Gasteiger partial charge in [0.05, 0.1) is 5.02 Å². The van der Waals surface area contributed by atoms with Crippen LogP contribution in [0.4, 0.5) is 0 Å². The van der Waals surface area contributed by atoms with Crippen LogP contribution in [-0.2, 0) is 25.9 Å². The minimum Gasteiger partial charge on any atom is -0.308 e. The number of fused-ring (bicyclic) bond motifs is 1. The van der Waals surface area contributed by atoms with Crippen molar-refractivity contribution in [1.29, 1.82) is 0 Å². The number of hydrogen-bond acceptors (Lipinski definition) is 2. The van der Waals surface area contributed by atoms with Gasteiger partial charge in [-0.3, -0.25) is 0 Å². The summed E-state index contributed by atoms with van der Waals surface area (Å²) in [6.07, 6.45) is 3.89. The Bertz CT molecular complexity index is 572. The highest BCUT2D eigenvalue weighted by molar-refractivity contribution is 9.10. The number of nitrogens with one attached hydrogen (secondary N) is 1. The van der Waals surface area contributed by atoms with Crippen LogP contribution >= 0.6 is 38.9 Å². The van der Waals surface area contributed by atoms with E-state index in [4.69, 9.17) is 11.6 Å². The van der Waals surface area contributed by atoms with Gasteiger partial charge in [0, 0.05) is 27.3 Å². The lowest BCUT2D eigenvalue weighted by Crippen LogP contribution is -2.11. The average Bonchev–Trinajstić information content (AvgIpc) is 2.94. The molecule has 1 aliphatic carbocycles. The molecule has 0 aliphatic heterocycles. The van der Waals surface area contributed by atoms with Crippen LogP contribution in [0.2, 0.25) is 5.02 Å². The second-order valence-electron chi connectivity index (χ2n) is 4.87. The van der Waals surface area contributed by atoms with Crippen LogP contribution in [0.15, 0.2) is 28.7 Å². The minimum absolute atomic E-state index is 0.773. The summed E-state index contributed by atoms with van der Waals surface area (Å²) in [4.78, 5) is 3.05. The number of hydrogen-bond donors (Lipinski definition) is 1. The van der Waals surface area contributed by atoms with E-state index in [1.807, 2.05) is 23.5 Å². The second kappa shape index (κ2) is 5.96. The zero-order chi connectivity index (χ0) is 13.2. The highest BCUT2D eigenvalue weighted by Crippen LogP contribution is 2.30. The summed E-state index contributed by atoms with van der Waals surface area (Å²) in [5.74, 6) is 0. The summed E-state index contributed by atoms with van der Waals surface area (Å²) in [6.45, 7) is 1.81. The highest BCUT2D eigenvalue weighted by atomic mass is 79.9. The van der Waals surface area contributed by atoms with Crippen LogP contribution in [0, 0.1) is 0 Å². The number of halogens is 2. The number of thiophene rings is 1. The Morgan fingerprint density at radius 1 is 1.21 bits per heavy atom. The van der Waals surface area contributed by atoms with E-state index in [1.165, 1.54) is 29.7 Å². The molecular weight excluding hydrogens is 342 g/mol. The molecule has 1 N–H and O–H groups in total. The molecule has 1 aromatic heterocycles. The molecule has 1 nitrogen and oxygen atoms in total. The predicted molar refractivity (Wildman–Crippen MR) is 86.0 cm³/mol. The first-order valence-electron chi connectivity index (χ1n) is 6.47. The fourth-order valence-corrected chi connectivity index (χ4v) is 4.14. The third kappa shape index (κ3) is 3.22. The summed E-state index contributed by atoms with van der Waals surface area (Å²) in [5.41, 5.74) is 2.80. The van der Waals surface area contributed by atoms with Crippen LogP contribution in [0.3, 0.4) is 0 Å². The molecule has 0 atom stereocenters. The maximum Gasteiger partial charge on any atom is 0.0551 e. The molecule has 0 unspecified atom stereocenters.